The third-order valence-electron chi connectivity index (χ3n) is 2.60. The Morgan fingerprint density at radius 2 is 2.38 bits per heavy atom. The number of esters is 1. The van der Waals surface area contributed by atoms with Crippen molar-refractivity contribution in [2.24, 2.45) is 0 Å². The molecule has 0 aromatic carbocycles. The Kier molecular flexibility index (Phi) is 4.75. The van der Waals surface area contributed by atoms with Crippen LogP contribution in [0.2, 0.25) is 0 Å². The van der Waals surface area contributed by atoms with Crippen molar-refractivity contribution in [3.05, 3.63) is 0 Å². The van der Waals surface area contributed by atoms with Gasteiger partial charge in [-0.3, -0.25) is 14.4 Å². The van der Waals surface area contributed by atoms with E-state index >= 15 is 0 Å². The minimum atomic E-state index is -0.510. The predicted octanol–water partition coefficient (Wildman–Crippen LogP) is -0.714. The van der Waals surface area contributed by atoms with E-state index in [-0.39, 0.29) is 12.5 Å². The van der Waals surface area contributed by atoms with E-state index in [0.29, 0.717) is 19.4 Å². The molecule has 0 bridgehead atoms. The van der Waals surface area contributed by atoms with Gasteiger partial charge in [0.05, 0.1) is 7.11 Å². The number of nitrogens with zero attached hydrogens (tertiary/aromatic N) is 1. The molecule has 0 saturated carbocycles. The van der Waals surface area contributed by atoms with Gasteiger partial charge in [0.25, 0.3) is 0 Å². The molecule has 1 aliphatic heterocycles. The summed E-state index contributed by atoms with van der Waals surface area (Å²) in [5, 5.41) is 2.47. The average Bonchev–Trinajstić information content (AvgIpc) is 2.44. The fourth-order valence-corrected chi connectivity index (χ4v) is 1.72. The number of ether oxygens (including phenoxy) is 1. The van der Waals surface area contributed by atoms with Crippen molar-refractivity contribution in [3.63, 3.8) is 0 Å². The van der Waals surface area contributed by atoms with Gasteiger partial charge in [0.1, 0.15) is 12.6 Å². The summed E-state index contributed by atoms with van der Waals surface area (Å²) in [5.74, 6) is -0.657. The van der Waals surface area contributed by atoms with Gasteiger partial charge in [0.2, 0.25) is 12.3 Å². The summed E-state index contributed by atoms with van der Waals surface area (Å²) in [4.78, 5) is 34.8. The molecule has 0 aromatic rings. The summed E-state index contributed by atoms with van der Waals surface area (Å²) in [6.07, 6.45) is 2.83. The summed E-state index contributed by atoms with van der Waals surface area (Å²) in [6, 6.07) is -0.510. The lowest BCUT2D eigenvalue weighted by Crippen LogP contribution is -2.46. The second kappa shape index (κ2) is 6.09. The summed E-state index contributed by atoms with van der Waals surface area (Å²) < 4.78 is 4.51. The van der Waals surface area contributed by atoms with Gasteiger partial charge in [-0.05, 0) is 19.3 Å². The number of carbonyl (C=O) groups excluding carboxylic acids is 3. The molecule has 1 atom stereocenters. The van der Waals surface area contributed by atoms with Gasteiger partial charge in [-0.25, -0.2) is 0 Å². The lowest BCUT2D eigenvalue weighted by atomic mass is 10.1. The minimum Gasteiger partial charge on any atom is -0.468 e. The Labute approximate surface area is 93.9 Å². The van der Waals surface area contributed by atoms with Gasteiger partial charge in [-0.1, -0.05) is 0 Å². The number of amides is 2. The molecular weight excluding hydrogens is 212 g/mol. The van der Waals surface area contributed by atoms with Crippen LogP contribution < -0.4 is 5.32 Å². The Morgan fingerprint density at radius 3 is 3.00 bits per heavy atom. The van der Waals surface area contributed by atoms with E-state index in [9.17, 15) is 14.4 Å². The lowest BCUT2D eigenvalue weighted by Gasteiger charge is -2.22. The van der Waals surface area contributed by atoms with Crippen molar-refractivity contribution in [2.45, 2.75) is 25.3 Å². The lowest BCUT2D eigenvalue weighted by molar-refractivity contribution is -0.147. The van der Waals surface area contributed by atoms with E-state index in [0.717, 1.165) is 12.8 Å². The van der Waals surface area contributed by atoms with E-state index in [1.165, 1.54) is 12.0 Å². The number of nitrogens with one attached hydrogen (secondary N) is 1. The van der Waals surface area contributed by atoms with E-state index in [1.807, 2.05) is 0 Å². The average molecular weight is 228 g/mol. The molecule has 1 aliphatic rings. The maximum absolute atomic E-state index is 11.9. The first-order valence-electron chi connectivity index (χ1n) is 5.24. The van der Waals surface area contributed by atoms with Crippen LogP contribution in [0.4, 0.5) is 0 Å². The summed E-state index contributed by atoms with van der Waals surface area (Å²) in [6.45, 7) is 0.483. The summed E-state index contributed by atoms with van der Waals surface area (Å²) in [7, 11) is 1.28. The Balaban J connectivity index is 2.63. The number of hydrogen-bond acceptors (Lipinski definition) is 4. The number of rotatable bonds is 4. The molecule has 90 valence electrons. The van der Waals surface area contributed by atoms with Crippen molar-refractivity contribution < 1.29 is 19.1 Å². The Morgan fingerprint density at radius 1 is 1.62 bits per heavy atom. The quantitative estimate of drug-likeness (QED) is 0.509. The maximum Gasteiger partial charge on any atom is 0.325 e. The molecule has 0 spiro atoms. The zero-order valence-electron chi connectivity index (χ0n) is 9.27. The highest BCUT2D eigenvalue weighted by Gasteiger charge is 2.27. The number of carbonyl (C=O) groups is 3. The molecule has 6 nitrogen and oxygen atoms in total. The fraction of sp³-hybridized carbons (Fsp3) is 0.700. The van der Waals surface area contributed by atoms with Crippen LogP contribution in [0.3, 0.4) is 0 Å². The number of hydrogen-bond donors (Lipinski definition) is 1. The van der Waals surface area contributed by atoms with Gasteiger partial charge in [0.15, 0.2) is 0 Å². The van der Waals surface area contributed by atoms with E-state index in [2.05, 4.69) is 10.1 Å². The smallest absolute Gasteiger partial charge is 0.325 e. The summed E-state index contributed by atoms with van der Waals surface area (Å²) in [5.41, 5.74) is 0. The molecular formula is C10H16N2O4. The topological polar surface area (TPSA) is 75.7 Å². The second-order valence-electron chi connectivity index (χ2n) is 3.67. The normalized spacial score (nSPS) is 21.2. The van der Waals surface area contributed by atoms with Crippen LogP contribution in [0.25, 0.3) is 0 Å². The van der Waals surface area contributed by atoms with Crippen LogP contribution >= 0.6 is 0 Å². The zero-order valence-corrected chi connectivity index (χ0v) is 9.27. The molecule has 0 aliphatic carbocycles. The van der Waals surface area contributed by atoms with Crippen LogP contribution in [0.5, 0.6) is 0 Å². The van der Waals surface area contributed by atoms with Gasteiger partial charge < -0.3 is 15.0 Å². The third-order valence-corrected chi connectivity index (χ3v) is 2.60. The van der Waals surface area contributed by atoms with Crippen LogP contribution in [-0.4, -0.2) is 49.4 Å². The Hall–Kier alpha value is -1.59. The second-order valence-corrected chi connectivity index (χ2v) is 3.67. The minimum absolute atomic E-state index is 0.0492. The molecule has 1 heterocycles. The van der Waals surface area contributed by atoms with Crippen LogP contribution in [0.15, 0.2) is 0 Å². The zero-order chi connectivity index (χ0) is 12.0. The largest absolute Gasteiger partial charge is 0.468 e. The number of methoxy groups -OCH3 is 1. The van der Waals surface area contributed by atoms with Crippen LogP contribution in [0.1, 0.15) is 19.3 Å². The van der Waals surface area contributed by atoms with Gasteiger partial charge >= 0.3 is 5.97 Å². The van der Waals surface area contributed by atoms with Gasteiger partial charge in [-0.2, -0.15) is 0 Å². The van der Waals surface area contributed by atoms with Crippen molar-refractivity contribution in [2.75, 3.05) is 20.2 Å². The standard InChI is InChI=1S/C10H16N2O4/c1-16-9(14)6-12-5-3-2-4-8(10(12)15)11-7-13/h7-8H,2-6H2,1H3,(H,11,13)/t8-/m0/s1. The molecule has 1 N–H and O–H groups in total. The van der Waals surface area contributed by atoms with Crippen molar-refractivity contribution in [1.29, 1.82) is 0 Å². The molecule has 0 radical (unpaired) electrons. The van der Waals surface area contributed by atoms with Gasteiger partial charge in [-0.15, -0.1) is 0 Å². The highest BCUT2D eigenvalue weighted by Crippen LogP contribution is 2.11. The maximum atomic E-state index is 11.9. The molecule has 6 heteroatoms. The monoisotopic (exact) mass is 228 g/mol. The molecule has 1 rings (SSSR count). The van der Waals surface area contributed by atoms with Crippen molar-refractivity contribution >= 4 is 18.3 Å². The summed E-state index contributed by atoms with van der Waals surface area (Å²) >= 11 is 0. The van der Waals surface area contributed by atoms with Crippen LogP contribution in [-0.2, 0) is 19.1 Å². The highest BCUT2D eigenvalue weighted by molar-refractivity contribution is 5.87. The fourth-order valence-electron chi connectivity index (χ4n) is 1.72. The molecule has 16 heavy (non-hydrogen) atoms. The SMILES string of the molecule is COC(=O)CN1CCCC[C@H](NC=O)C1=O. The third kappa shape index (κ3) is 3.22. The first-order chi connectivity index (χ1) is 7.69. The van der Waals surface area contributed by atoms with Crippen molar-refractivity contribution in [1.82, 2.24) is 10.2 Å². The molecule has 1 fully saturated rings. The highest BCUT2D eigenvalue weighted by atomic mass is 16.5. The molecule has 2 amide bonds. The first-order valence-corrected chi connectivity index (χ1v) is 5.24. The van der Waals surface area contributed by atoms with Gasteiger partial charge in [0, 0.05) is 6.54 Å². The first kappa shape index (κ1) is 12.5. The Bertz CT molecular complexity index is 280. The number of likely N-dealkylation sites (tertiary alicyclic amines) is 1. The van der Waals surface area contributed by atoms with Crippen LogP contribution in [0, 0.1) is 0 Å². The van der Waals surface area contributed by atoms with E-state index in [4.69, 9.17) is 0 Å². The predicted molar refractivity (Wildman–Crippen MR) is 55.4 cm³/mol. The molecule has 1 saturated heterocycles. The molecule has 0 aromatic heterocycles. The van der Waals surface area contributed by atoms with E-state index < -0.39 is 12.0 Å². The van der Waals surface area contributed by atoms with Crippen molar-refractivity contribution in [3.8, 4) is 0 Å². The van der Waals surface area contributed by atoms with E-state index in [1.54, 1.807) is 0 Å². The molecule has 0 unspecified atom stereocenters.